The summed E-state index contributed by atoms with van der Waals surface area (Å²) in [5.41, 5.74) is 3.50. The summed E-state index contributed by atoms with van der Waals surface area (Å²) < 4.78 is 0. The molecule has 0 aliphatic rings. The minimum absolute atomic E-state index is 0.142. The fraction of sp³-hybridized carbons (Fsp3) is 0.0714. The maximum absolute atomic E-state index is 11.0. The average Bonchev–Trinajstić information content (AvgIpc) is 2.82. The van der Waals surface area contributed by atoms with Crippen LogP contribution >= 0.6 is 0 Å². The lowest BCUT2D eigenvalue weighted by molar-refractivity contribution is 0.0691. The summed E-state index contributed by atoms with van der Waals surface area (Å²) in [4.78, 5) is 22.2. The molecule has 0 fully saturated rings. The Morgan fingerprint density at radius 1 is 1.26 bits per heavy atom. The zero-order chi connectivity index (χ0) is 13.4. The maximum atomic E-state index is 11.0. The van der Waals surface area contributed by atoms with E-state index in [2.05, 4.69) is 15.0 Å². The second kappa shape index (κ2) is 4.20. The molecule has 3 aromatic rings. The Bertz CT molecular complexity index is 763. The second-order valence-corrected chi connectivity index (χ2v) is 4.30. The van der Waals surface area contributed by atoms with Crippen LogP contribution in [-0.4, -0.2) is 26.0 Å². The van der Waals surface area contributed by atoms with Crippen LogP contribution < -0.4 is 0 Å². The molecule has 5 heteroatoms. The van der Waals surface area contributed by atoms with Crippen molar-refractivity contribution in [2.24, 2.45) is 0 Å². The Hall–Kier alpha value is -2.69. The summed E-state index contributed by atoms with van der Waals surface area (Å²) in [7, 11) is 0. The van der Waals surface area contributed by atoms with Crippen LogP contribution in [0.2, 0.25) is 0 Å². The van der Waals surface area contributed by atoms with Gasteiger partial charge in [-0.3, -0.25) is 4.98 Å². The first-order valence-corrected chi connectivity index (χ1v) is 5.79. The first-order chi connectivity index (χ1) is 9.15. The third-order valence-electron chi connectivity index (χ3n) is 2.95. The monoisotopic (exact) mass is 253 g/mol. The number of pyridine rings is 2. The standard InChI is InChI=1S/C14H11N3O2/c1-8-6-10(9-2-4-15-5-3-9)11-7-12(14(18)19)17-13(11)16-8/h2-7H,1H3,(H,16,17)(H,18,19). The summed E-state index contributed by atoms with van der Waals surface area (Å²) in [6, 6.07) is 7.33. The van der Waals surface area contributed by atoms with Crippen molar-refractivity contribution in [2.75, 3.05) is 0 Å². The lowest BCUT2D eigenvalue weighted by Crippen LogP contribution is -1.95. The van der Waals surface area contributed by atoms with Crippen molar-refractivity contribution < 1.29 is 9.90 Å². The van der Waals surface area contributed by atoms with E-state index < -0.39 is 5.97 Å². The van der Waals surface area contributed by atoms with Gasteiger partial charge in [0.15, 0.2) is 0 Å². The quantitative estimate of drug-likeness (QED) is 0.735. The van der Waals surface area contributed by atoms with Crippen molar-refractivity contribution in [3.05, 3.63) is 48.0 Å². The highest BCUT2D eigenvalue weighted by Crippen LogP contribution is 2.28. The SMILES string of the molecule is Cc1cc(-c2ccncc2)c2cc(C(=O)O)[nH]c2n1. The van der Waals surface area contributed by atoms with E-state index in [4.69, 9.17) is 5.11 Å². The molecule has 2 N–H and O–H groups in total. The molecule has 0 saturated heterocycles. The molecular formula is C14H11N3O2. The Kier molecular flexibility index (Phi) is 2.52. The van der Waals surface area contributed by atoms with E-state index >= 15 is 0 Å². The minimum atomic E-state index is -0.990. The topological polar surface area (TPSA) is 78.9 Å². The highest BCUT2D eigenvalue weighted by Gasteiger charge is 2.13. The Morgan fingerprint density at radius 2 is 2.00 bits per heavy atom. The lowest BCUT2D eigenvalue weighted by atomic mass is 10.0. The van der Waals surface area contributed by atoms with Crippen LogP contribution in [0, 0.1) is 6.92 Å². The second-order valence-electron chi connectivity index (χ2n) is 4.30. The number of aromatic carboxylic acids is 1. The van der Waals surface area contributed by atoms with Crippen LogP contribution in [0.5, 0.6) is 0 Å². The van der Waals surface area contributed by atoms with Gasteiger partial charge in [0.05, 0.1) is 0 Å². The van der Waals surface area contributed by atoms with E-state index in [0.29, 0.717) is 5.65 Å². The van der Waals surface area contributed by atoms with Gasteiger partial charge in [-0.05, 0) is 42.3 Å². The van der Waals surface area contributed by atoms with Gasteiger partial charge in [-0.25, -0.2) is 9.78 Å². The first kappa shape index (κ1) is 11.4. The third kappa shape index (κ3) is 1.95. The Morgan fingerprint density at radius 3 is 2.68 bits per heavy atom. The van der Waals surface area contributed by atoms with Crippen molar-refractivity contribution in [2.45, 2.75) is 6.92 Å². The van der Waals surface area contributed by atoms with E-state index in [1.807, 2.05) is 25.1 Å². The van der Waals surface area contributed by atoms with Crippen molar-refractivity contribution >= 4 is 17.0 Å². The summed E-state index contributed by atoms with van der Waals surface area (Å²) in [5.74, 6) is -0.990. The van der Waals surface area contributed by atoms with Gasteiger partial charge in [0, 0.05) is 23.5 Å². The number of carboxylic acid groups (broad SMARTS) is 1. The first-order valence-electron chi connectivity index (χ1n) is 5.79. The molecule has 3 heterocycles. The van der Waals surface area contributed by atoms with E-state index in [1.54, 1.807) is 18.5 Å². The molecule has 0 amide bonds. The predicted octanol–water partition coefficient (Wildman–Crippen LogP) is 2.63. The van der Waals surface area contributed by atoms with E-state index in [1.165, 1.54) is 0 Å². The molecule has 3 rings (SSSR count). The number of carboxylic acids is 1. The molecule has 0 aliphatic heterocycles. The lowest BCUT2D eigenvalue weighted by Gasteiger charge is -2.04. The largest absolute Gasteiger partial charge is 0.477 e. The van der Waals surface area contributed by atoms with Gasteiger partial charge in [-0.1, -0.05) is 0 Å². The number of H-pyrrole nitrogens is 1. The van der Waals surface area contributed by atoms with Crippen LogP contribution in [0.15, 0.2) is 36.7 Å². The number of nitrogens with zero attached hydrogens (tertiary/aromatic N) is 2. The molecule has 0 atom stereocenters. The normalized spacial score (nSPS) is 10.8. The average molecular weight is 253 g/mol. The van der Waals surface area contributed by atoms with Gasteiger partial charge in [0.1, 0.15) is 11.3 Å². The smallest absolute Gasteiger partial charge is 0.352 e. The van der Waals surface area contributed by atoms with E-state index in [9.17, 15) is 4.79 Å². The Balaban J connectivity index is 2.32. The molecule has 94 valence electrons. The number of hydrogen-bond acceptors (Lipinski definition) is 3. The molecular weight excluding hydrogens is 242 g/mol. The molecule has 19 heavy (non-hydrogen) atoms. The predicted molar refractivity (Wildman–Crippen MR) is 71.0 cm³/mol. The summed E-state index contributed by atoms with van der Waals surface area (Å²) in [6.45, 7) is 1.88. The van der Waals surface area contributed by atoms with Crippen molar-refractivity contribution in [3.8, 4) is 11.1 Å². The summed E-state index contributed by atoms with van der Waals surface area (Å²) >= 11 is 0. The molecule has 0 saturated carbocycles. The van der Waals surface area contributed by atoms with E-state index in [0.717, 1.165) is 22.2 Å². The van der Waals surface area contributed by atoms with Crippen molar-refractivity contribution in [1.29, 1.82) is 0 Å². The molecule has 0 bridgehead atoms. The van der Waals surface area contributed by atoms with Gasteiger partial charge in [0.2, 0.25) is 0 Å². The number of fused-ring (bicyclic) bond motifs is 1. The van der Waals surface area contributed by atoms with Crippen LogP contribution in [-0.2, 0) is 0 Å². The highest BCUT2D eigenvalue weighted by molar-refractivity contribution is 5.99. The van der Waals surface area contributed by atoms with Crippen LogP contribution in [0.25, 0.3) is 22.2 Å². The number of aromatic amines is 1. The van der Waals surface area contributed by atoms with E-state index in [-0.39, 0.29) is 5.69 Å². The number of rotatable bonds is 2. The zero-order valence-corrected chi connectivity index (χ0v) is 10.2. The van der Waals surface area contributed by atoms with Crippen LogP contribution in [0.3, 0.4) is 0 Å². The molecule has 0 unspecified atom stereocenters. The van der Waals surface area contributed by atoms with Crippen molar-refractivity contribution in [1.82, 2.24) is 15.0 Å². The number of carbonyl (C=O) groups is 1. The van der Waals surface area contributed by atoms with Gasteiger partial charge >= 0.3 is 5.97 Å². The highest BCUT2D eigenvalue weighted by atomic mass is 16.4. The Labute approximate surface area is 109 Å². The maximum Gasteiger partial charge on any atom is 0.352 e. The van der Waals surface area contributed by atoms with Crippen LogP contribution in [0.4, 0.5) is 0 Å². The number of aryl methyl sites for hydroxylation is 1. The molecule has 0 aromatic carbocycles. The molecule has 3 aromatic heterocycles. The molecule has 0 radical (unpaired) electrons. The molecule has 0 aliphatic carbocycles. The van der Waals surface area contributed by atoms with Gasteiger partial charge in [0.25, 0.3) is 0 Å². The fourth-order valence-corrected chi connectivity index (χ4v) is 2.12. The van der Waals surface area contributed by atoms with Crippen molar-refractivity contribution in [3.63, 3.8) is 0 Å². The van der Waals surface area contributed by atoms with Gasteiger partial charge < -0.3 is 10.1 Å². The number of hydrogen-bond donors (Lipinski definition) is 2. The third-order valence-corrected chi connectivity index (χ3v) is 2.95. The van der Waals surface area contributed by atoms with Crippen LogP contribution in [0.1, 0.15) is 16.2 Å². The molecule has 5 nitrogen and oxygen atoms in total. The van der Waals surface area contributed by atoms with Gasteiger partial charge in [-0.15, -0.1) is 0 Å². The fourth-order valence-electron chi connectivity index (χ4n) is 2.12. The summed E-state index contributed by atoms with van der Waals surface area (Å²) in [6.07, 6.45) is 3.42. The zero-order valence-electron chi connectivity index (χ0n) is 10.2. The summed E-state index contributed by atoms with van der Waals surface area (Å²) in [5, 5.41) is 9.85. The number of nitrogens with one attached hydrogen (secondary N) is 1. The molecule has 0 spiro atoms. The minimum Gasteiger partial charge on any atom is -0.477 e. The number of aromatic nitrogens is 3. The van der Waals surface area contributed by atoms with Gasteiger partial charge in [-0.2, -0.15) is 0 Å².